The smallest absolute Gasteiger partial charge is 0.303 e. The van der Waals surface area contributed by atoms with Crippen molar-refractivity contribution >= 4 is 5.97 Å². The topological polar surface area (TPSA) is 71.9 Å². The normalized spacial score (nSPS) is 15.8. The predicted octanol–water partition coefficient (Wildman–Crippen LogP) is 7.63. The zero-order valence-corrected chi connectivity index (χ0v) is 24.7. The number of hydrogen-bond donors (Lipinski definition) is 1. The second-order valence-electron chi connectivity index (χ2n) is 11.4. The quantitative estimate of drug-likeness (QED) is 0.283. The third kappa shape index (κ3) is 8.07. The Morgan fingerprint density at radius 1 is 1.05 bits per heavy atom. The molecule has 0 radical (unpaired) electrons. The molecule has 1 aromatic heterocycles. The molecule has 2 aromatic carbocycles. The van der Waals surface area contributed by atoms with E-state index in [1.807, 2.05) is 24.3 Å². The highest BCUT2D eigenvalue weighted by Gasteiger charge is 2.24. The average Bonchev–Trinajstić information content (AvgIpc) is 3.84. The van der Waals surface area contributed by atoms with Crippen LogP contribution in [-0.2, 0) is 24.2 Å². The van der Waals surface area contributed by atoms with Gasteiger partial charge in [0, 0.05) is 37.3 Å². The van der Waals surface area contributed by atoms with E-state index in [-0.39, 0.29) is 12.5 Å². The zero-order chi connectivity index (χ0) is 28.6. The average molecular weight is 545 g/mol. The molecule has 1 saturated carbocycles. The first-order chi connectivity index (χ1) is 19.2. The van der Waals surface area contributed by atoms with Crippen molar-refractivity contribution in [2.24, 2.45) is 0 Å². The number of fused-ring (bicyclic) bond motifs is 1. The molecule has 214 valence electrons. The molecule has 1 aliphatic heterocycles. The Hall–Kier alpha value is -3.38. The Balaban J connectivity index is 0.00000115. The van der Waals surface area contributed by atoms with Crippen molar-refractivity contribution in [3.63, 3.8) is 0 Å². The molecule has 5 rings (SSSR count). The van der Waals surface area contributed by atoms with Crippen LogP contribution in [0.4, 0.5) is 0 Å². The molecule has 1 aliphatic carbocycles. The van der Waals surface area contributed by atoms with Crippen LogP contribution in [0.3, 0.4) is 0 Å². The molecule has 0 amide bonds. The van der Waals surface area contributed by atoms with Crippen molar-refractivity contribution in [3.8, 4) is 22.8 Å². The Morgan fingerprint density at radius 3 is 2.45 bits per heavy atom. The van der Waals surface area contributed by atoms with E-state index in [2.05, 4.69) is 61.8 Å². The first-order valence-electron chi connectivity index (χ1n) is 14.6. The van der Waals surface area contributed by atoms with Gasteiger partial charge in [-0.05, 0) is 92.5 Å². The molecule has 1 atom stereocenters. The van der Waals surface area contributed by atoms with Crippen molar-refractivity contribution < 1.29 is 19.4 Å². The summed E-state index contributed by atoms with van der Waals surface area (Å²) in [4.78, 5) is 17.8. The molecule has 0 bridgehead atoms. The predicted molar refractivity (Wildman–Crippen MR) is 160 cm³/mol. The molecule has 0 spiro atoms. The van der Waals surface area contributed by atoms with Gasteiger partial charge >= 0.3 is 5.97 Å². The third-order valence-corrected chi connectivity index (χ3v) is 7.49. The van der Waals surface area contributed by atoms with Crippen LogP contribution in [0.5, 0.6) is 11.6 Å². The summed E-state index contributed by atoms with van der Waals surface area (Å²) >= 11 is 0. The van der Waals surface area contributed by atoms with Crippen LogP contribution in [0.25, 0.3) is 11.1 Å². The van der Waals surface area contributed by atoms with Gasteiger partial charge < -0.3 is 14.6 Å². The highest BCUT2D eigenvalue weighted by atomic mass is 16.5. The van der Waals surface area contributed by atoms with Gasteiger partial charge in [0.2, 0.25) is 5.88 Å². The van der Waals surface area contributed by atoms with E-state index in [4.69, 9.17) is 14.6 Å². The van der Waals surface area contributed by atoms with Crippen LogP contribution in [0.1, 0.15) is 88.2 Å². The van der Waals surface area contributed by atoms with Crippen LogP contribution in [0.2, 0.25) is 0 Å². The number of carboxylic acids is 1. The maximum atomic E-state index is 11.0. The second-order valence-corrected chi connectivity index (χ2v) is 11.4. The van der Waals surface area contributed by atoms with Crippen molar-refractivity contribution in [3.05, 3.63) is 77.0 Å². The zero-order valence-electron chi connectivity index (χ0n) is 24.7. The first-order valence-corrected chi connectivity index (χ1v) is 14.6. The molecular formula is C34H44N2O4. The largest absolute Gasteiger partial charge is 0.485 e. The number of aromatic nitrogens is 1. The molecule has 1 N–H and O–H groups in total. The van der Waals surface area contributed by atoms with Gasteiger partial charge in [-0.3, -0.25) is 9.69 Å². The van der Waals surface area contributed by atoms with E-state index >= 15 is 0 Å². The Kier molecular flexibility index (Phi) is 10.2. The first kappa shape index (κ1) is 29.6. The molecule has 2 heterocycles. The van der Waals surface area contributed by atoms with Gasteiger partial charge in [-0.1, -0.05) is 49.6 Å². The standard InChI is InChI=1S/C31H38N2O4.C3H6/c1-20(2)33(21(3)4)19-26-17-25(9-11-27(26)24-14-15-32-30(18-24)36-5)28-12-10-23-8-6-22(7-13-31(34)35)16-29(23)37-28;1-2-3-1/h6,8-9,11,14-18,20-21,28H,7,10,12-13,19H2,1-5H3,(H,34,35);1-3H2/t28-;/m0./s1. The fraction of sp³-hybridized carbons (Fsp3) is 0.471. The summed E-state index contributed by atoms with van der Waals surface area (Å²) in [5, 5.41) is 9.05. The molecule has 6 heteroatoms. The van der Waals surface area contributed by atoms with Crippen LogP contribution in [0, 0.1) is 0 Å². The number of carbonyl (C=O) groups is 1. The SMILES string of the molecule is C1CC1.COc1cc(-c2ccc([C@@H]3CCc4ccc(CCC(=O)O)cc4O3)cc2CN(C(C)C)C(C)C)ccn1. The van der Waals surface area contributed by atoms with E-state index in [9.17, 15) is 4.79 Å². The molecule has 40 heavy (non-hydrogen) atoms. The van der Waals surface area contributed by atoms with Crippen LogP contribution in [0.15, 0.2) is 54.7 Å². The Morgan fingerprint density at radius 2 is 1.80 bits per heavy atom. The van der Waals surface area contributed by atoms with Gasteiger partial charge in [0.05, 0.1) is 7.11 Å². The third-order valence-electron chi connectivity index (χ3n) is 7.49. The maximum Gasteiger partial charge on any atom is 0.303 e. The van der Waals surface area contributed by atoms with Gasteiger partial charge in [0.1, 0.15) is 11.9 Å². The van der Waals surface area contributed by atoms with Crippen molar-refractivity contribution in [1.29, 1.82) is 0 Å². The summed E-state index contributed by atoms with van der Waals surface area (Å²) in [5.74, 6) is 0.686. The minimum absolute atomic E-state index is 0.0476. The number of nitrogens with zero attached hydrogens (tertiary/aromatic N) is 2. The summed E-state index contributed by atoms with van der Waals surface area (Å²) in [6.07, 6.45) is 8.70. The van der Waals surface area contributed by atoms with Gasteiger partial charge in [0.15, 0.2) is 0 Å². The number of carboxylic acid groups (broad SMARTS) is 1. The van der Waals surface area contributed by atoms with Crippen LogP contribution in [-0.4, -0.2) is 40.2 Å². The van der Waals surface area contributed by atoms with Gasteiger partial charge in [-0.2, -0.15) is 0 Å². The number of hydrogen-bond acceptors (Lipinski definition) is 5. The Bertz CT molecular complexity index is 1270. The van der Waals surface area contributed by atoms with E-state index in [0.717, 1.165) is 41.8 Å². The monoisotopic (exact) mass is 544 g/mol. The van der Waals surface area contributed by atoms with Gasteiger partial charge in [-0.15, -0.1) is 0 Å². The molecule has 0 unspecified atom stereocenters. The number of pyridine rings is 1. The van der Waals surface area contributed by atoms with Crippen LogP contribution >= 0.6 is 0 Å². The van der Waals surface area contributed by atoms with Gasteiger partial charge in [0.25, 0.3) is 0 Å². The van der Waals surface area contributed by atoms with E-state index in [1.54, 1.807) is 13.3 Å². The summed E-state index contributed by atoms with van der Waals surface area (Å²) in [6, 6.07) is 17.6. The number of aryl methyl sites for hydroxylation is 2. The summed E-state index contributed by atoms with van der Waals surface area (Å²) in [7, 11) is 1.64. The fourth-order valence-corrected chi connectivity index (χ4v) is 5.13. The Labute approximate surface area is 239 Å². The van der Waals surface area contributed by atoms with E-state index < -0.39 is 5.97 Å². The highest BCUT2D eigenvalue weighted by molar-refractivity contribution is 5.69. The maximum absolute atomic E-state index is 11.0. The summed E-state index contributed by atoms with van der Waals surface area (Å²) in [6.45, 7) is 9.78. The number of ether oxygens (including phenoxy) is 2. The lowest BCUT2D eigenvalue weighted by Crippen LogP contribution is -2.36. The molecule has 2 aliphatic rings. The van der Waals surface area contributed by atoms with Crippen molar-refractivity contribution in [2.75, 3.05) is 7.11 Å². The van der Waals surface area contributed by atoms with Crippen molar-refractivity contribution in [2.45, 2.75) is 97.4 Å². The lowest BCUT2D eigenvalue weighted by atomic mass is 9.91. The molecular weight excluding hydrogens is 500 g/mol. The van der Waals surface area contributed by atoms with E-state index in [0.29, 0.717) is 24.4 Å². The highest BCUT2D eigenvalue weighted by Crippen LogP contribution is 2.38. The lowest BCUT2D eigenvalue weighted by molar-refractivity contribution is -0.136. The van der Waals surface area contributed by atoms with Crippen molar-refractivity contribution in [1.82, 2.24) is 9.88 Å². The number of rotatable bonds is 10. The minimum atomic E-state index is -0.784. The number of benzene rings is 2. The molecule has 3 aromatic rings. The minimum Gasteiger partial charge on any atom is -0.485 e. The summed E-state index contributed by atoms with van der Waals surface area (Å²) < 4.78 is 11.9. The van der Waals surface area contributed by atoms with Crippen LogP contribution < -0.4 is 9.47 Å². The molecule has 0 saturated heterocycles. The number of aliphatic carboxylic acids is 1. The summed E-state index contributed by atoms with van der Waals surface area (Å²) in [5.41, 5.74) is 6.84. The van der Waals surface area contributed by atoms with E-state index in [1.165, 1.54) is 36.0 Å². The molecule has 6 nitrogen and oxygen atoms in total. The van der Waals surface area contributed by atoms with Gasteiger partial charge in [-0.25, -0.2) is 4.98 Å². The number of methoxy groups -OCH3 is 1. The lowest BCUT2D eigenvalue weighted by Gasteiger charge is -2.32. The fourth-order valence-electron chi connectivity index (χ4n) is 5.13. The second kappa shape index (κ2) is 13.8. The molecule has 1 fully saturated rings.